The summed E-state index contributed by atoms with van der Waals surface area (Å²) in [4.78, 5) is 0. The summed E-state index contributed by atoms with van der Waals surface area (Å²) in [6.07, 6.45) is -4.29. The van der Waals surface area contributed by atoms with Gasteiger partial charge in [0.25, 0.3) is 0 Å². The minimum absolute atomic E-state index is 0.228. The molecule has 0 N–H and O–H groups in total. The number of benzene rings is 1. The van der Waals surface area contributed by atoms with Crippen molar-refractivity contribution in [2.45, 2.75) is 25.3 Å². The van der Waals surface area contributed by atoms with Crippen molar-refractivity contribution in [1.29, 1.82) is 0 Å². The van der Waals surface area contributed by atoms with E-state index in [0.717, 1.165) is 6.07 Å². The number of alkyl halides is 3. The minimum atomic E-state index is -4.29. The first-order valence-electron chi connectivity index (χ1n) is 4.18. The van der Waals surface area contributed by atoms with Crippen LogP contribution in [0, 0.1) is 6.92 Å². The van der Waals surface area contributed by atoms with Crippen LogP contribution in [0.4, 0.5) is 13.2 Å². The largest absolute Gasteiger partial charge is 0.416 e. The van der Waals surface area contributed by atoms with Crippen LogP contribution in [0.15, 0.2) is 18.2 Å². The zero-order chi connectivity index (χ0) is 10.9. The molecule has 1 unspecified atom stereocenters. The second kappa shape index (κ2) is 3.85. The summed E-state index contributed by atoms with van der Waals surface area (Å²) >= 11 is 4.02. The number of rotatable bonds is 1. The van der Waals surface area contributed by atoms with Crippen LogP contribution in [-0.2, 0) is 6.18 Å². The standard InChI is InChI=1S/C10H11F3S/c1-6-3-4-8(7(2)14)9(5-6)10(11,12)13/h3-5,7,14H,1-2H3. The summed E-state index contributed by atoms with van der Waals surface area (Å²) in [5.41, 5.74) is 0.251. The predicted molar refractivity (Wildman–Crippen MR) is 53.6 cm³/mol. The molecule has 1 rings (SSSR count). The van der Waals surface area contributed by atoms with Crippen molar-refractivity contribution in [1.82, 2.24) is 0 Å². The van der Waals surface area contributed by atoms with Gasteiger partial charge >= 0.3 is 6.18 Å². The Morgan fingerprint density at radius 2 is 1.86 bits per heavy atom. The molecule has 1 aromatic rings. The van der Waals surface area contributed by atoms with E-state index in [1.165, 1.54) is 6.07 Å². The SMILES string of the molecule is Cc1ccc(C(C)S)c(C(F)(F)F)c1. The average molecular weight is 220 g/mol. The van der Waals surface area contributed by atoms with Gasteiger partial charge in [-0.05, 0) is 25.5 Å². The lowest BCUT2D eigenvalue weighted by molar-refractivity contribution is -0.138. The molecule has 14 heavy (non-hydrogen) atoms. The van der Waals surface area contributed by atoms with E-state index in [2.05, 4.69) is 12.6 Å². The lowest BCUT2D eigenvalue weighted by Crippen LogP contribution is -2.09. The highest BCUT2D eigenvalue weighted by atomic mass is 32.1. The van der Waals surface area contributed by atoms with Crippen molar-refractivity contribution >= 4 is 12.6 Å². The van der Waals surface area contributed by atoms with E-state index in [9.17, 15) is 13.2 Å². The van der Waals surface area contributed by atoms with Gasteiger partial charge in [-0.25, -0.2) is 0 Å². The van der Waals surface area contributed by atoms with E-state index in [-0.39, 0.29) is 5.56 Å². The molecular formula is C10H11F3S. The Bertz CT molecular complexity index is 329. The second-order valence-electron chi connectivity index (χ2n) is 3.26. The smallest absolute Gasteiger partial charge is 0.171 e. The highest BCUT2D eigenvalue weighted by Crippen LogP contribution is 2.36. The first-order valence-corrected chi connectivity index (χ1v) is 4.70. The van der Waals surface area contributed by atoms with Gasteiger partial charge in [0, 0.05) is 5.25 Å². The molecule has 78 valence electrons. The quantitative estimate of drug-likeness (QED) is 0.679. The number of thiol groups is 1. The van der Waals surface area contributed by atoms with E-state index in [1.807, 2.05) is 0 Å². The maximum absolute atomic E-state index is 12.6. The molecule has 0 aromatic heterocycles. The van der Waals surface area contributed by atoms with Gasteiger partial charge in [-0.1, -0.05) is 17.7 Å². The van der Waals surface area contributed by atoms with Gasteiger partial charge < -0.3 is 0 Å². The summed E-state index contributed by atoms with van der Waals surface area (Å²) in [6, 6.07) is 4.30. The first-order chi connectivity index (χ1) is 6.32. The van der Waals surface area contributed by atoms with Crippen LogP contribution >= 0.6 is 12.6 Å². The molecule has 0 amide bonds. The Morgan fingerprint density at radius 1 is 1.29 bits per heavy atom. The average Bonchev–Trinajstić information content (AvgIpc) is 2.01. The zero-order valence-corrected chi connectivity index (χ0v) is 8.78. The number of hydrogen-bond donors (Lipinski definition) is 1. The van der Waals surface area contributed by atoms with Crippen LogP contribution in [0.25, 0.3) is 0 Å². The van der Waals surface area contributed by atoms with Crippen LogP contribution < -0.4 is 0 Å². The molecule has 0 aliphatic rings. The van der Waals surface area contributed by atoms with Crippen molar-refractivity contribution < 1.29 is 13.2 Å². The highest BCUT2D eigenvalue weighted by Gasteiger charge is 2.33. The Kier molecular flexibility index (Phi) is 3.14. The topological polar surface area (TPSA) is 0 Å². The van der Waals surface area contributed by atoms with Crippen LogP contribution in [0.2, 0.25) is 0 Å². The van der Waals surface area contributed by atoms with Crippen molar-refractivity contribution in [3.05, 3.63) is 34.9 Å². The molecule has 0 bridgehead atoms. The molecular weight excluding hydrogens is 209 g/mol. The van der Waals surface area contributed by atoms with Gasteiger partial charge in [0.15, 0.2) is 0 Å². The van der Waals surface area contributed by atoms with Crippen LogP contribution in [0.5, 0.6) is 0 Å². The third-order valence-corrected chi connectivity index (χ3v) is 2.24. The van der Waals surface area contributed by atoms with Crippen LogP contribution in [-0.4, -0.2) is 0 Å². The third kappa shape index (κ3) is 2.44. The van der Waals surface area contributed by atoms with Crippen LogP contribution in [0.1, 0.15) is 28.9 Å². The Labute approximate surface area is 86.5 Å². The third-order valence-electron chi connectivity index (χ3n) is 1.96. The van der Waals surface area contributed by atoms with E-state index in [4.69, 9.17) is 0 Å². The molecule has 0 saturated carbocycles. The summed E-state index contributed by atoms with van der Waals surface area (Å²) < 4.78 is 37.7. The van der Waals surface area contributed by atoms with Gasteiger partial charge in [0.05, 0.1) is 5.56 Å². The van der Waals surface area contributed by atoms with Crippen molar-refractivity contribution in [3.8, 4) is 0 Å². The van der Waals surface area contributed by atoms with E-state index >= 15 is 0 Å². The lowest BCUT2D eigenvalue weighted by atomic mass is 10.0. The lowest BCUT2D eigenvalue weighted by Gasteiger charge is -2.15. The molecule has 0 spiro atoms. The number of halogens is 3. The summed E-state index contributed by atoms with van der Waals surface area (Å²) in [5.74, 6) is 0. The van der Waals surface area contributed by atoms with Gasteiger partial charge in [-0.3, -0.25) is 0 Å². The number of aryl methyl sites for hydroxylation is 1. The first kappa shape index (κ1) is 11.4. The summed E-state index contributed by atoms with van der Waals surface area (Å²) in [7, 11) is 0. The van der Waals surface area contributed by atoms with Gasteiger partial charge in [-0.15, -0.1) is 0 Å². The molecule has 0 saturated heterocycles. The van der Waals surface area contributed by atoms with Crippen molar-refractivity contribution in [3.63, 3.8) is 0 Å². The highest BCUT2D eigenvalue weighted by molar-refractivity contribution is 7.80. The summed E-state index contributed by atoms with van der Waals surface area (Å²) in [6.45, 7) is 3.27. The fourth-order valence-corrected chi connectivity index (χ4v) is 1.51. The Morgan fingerprint density at radius 3 is 2.29 bits per heavy atom. The maximum Gasteiger partial charge on any atom is 0.416 e. The summed E-state index contributed by atoms with van der Waals surface area (Å²) in [5, 5.41) is -0.410. The van der Waals surface area contributed by atoms with Gasteiger partial charge in [0.2, 0.25) is 0 Å². The van der Waals surface area contributed by atoms with Crippen molar-refractivity contribution in [2.75, 3.05) is 0 Å². The molecule has 0 aliphatic carbocycles. The fraction of sp³-hybridized carbons (Fsp3) is 0.400. The number of hydrogen-bond acceptors (Lipinski definition) is 1. The fourth-order valence-electron chi connectivity index (χ4n) is 1.28. The van der Waals surface area contributed by atoms with E-state index in [0.29, 0.717) is 5.56 Å². The zero-order valence-electron chi connectivity index (χ0n) is 7.89. The molecule has 0 radical (unpaired) electrons. The monoisotopic (exact) mass is 220 g/mol. The van der Waals surface area contributed by atoms with Gasteiger partial charge in [0.1, 0.15) is 0 Å². The Hall–Kier alpha value is -0.640. The van der Waals surface area contributed by atoms with E-state index in [1.54, 1.807) is 19.9 Å². The molecule has 0 aliphatic heterocycles. The van der Waals surface area contributed by atoms with E-state index < -0.39 is 17.0 Å². The Balaban J connectivity index is 3.30. The normalized spacial score (nSPS) is 14.1. The minimum Gasteiger partial charge on any atom is -0.171 e. The molecule has 1 atom stereocenters. The molecule has 0 heterocycles. The van der Waals surface area contributed by atoms with Crippen molar-refractivity contribution in [2.24, 2.45) is 0 Å². The molecule has 0 nitrogen and oxygen atoms in total. The maximum atomic E-state index is 12.6. The van der Waals surface area contributed by atoms with Gasteiger partial charge in [-0.2, -0.15) is 25.8 Å². The van der Waals surface area contributed by atoms with Crippen LogP contribution in [0.3, 0.4) is 0 Å². The predicted octanol–water partition coefficient (Wildman–Crippen LogP) is 4.00. The molecule has 1 aromatic carbocycles. The molecule has 0 fully saturated rings. The molecule has 4 heteroatoms. The second-order valence-corrected chi connectivity index (χ2v) is 4.04.